The van der Waals surface area contributed by atoms with E-state index in [-0.39, 0.29) is 0 Å². The zero-order chi connectivity index (χ0) is 9.54. The van der Waals surface area contributed by atoms with Crippen molar-refractivity contribution in [2.75, 3.05) is 0 Å². The molecule has 1 nitrogen and oxygen atoms in total. The van der Waals surface area contributed by atoms with E-state index in [1.54, 1.807) is 0 Å². The highest BCUT2D eigenvalue weighted by Gasteiger charge is 2.47. The highest BCUT2D eigenvalue weighted by Crippen LogP contribution is 2.57. The average Bonchev–Trinajstić information content (AvgIpc) is 2.15. The third-order valence-corrected chi connectivity index (χ3v) is 5.04. The molecule has 0 aromatic carbocycles. The minimum atomic E-state index is 0.812. The van der Waals surface area contributed by atoms with Crippen molar-refractivity contribution >= 4 is 6.29 Å². The second-order valence-electron chi connectivity index (χ2n) is 5.84. The van der Waals surface area contributed by atoms with E-state index in [2.05, 4.69) is 0 Å². The molecule has 0 heterocycles. The summed E-state index contributed by atoms with van der Waals surface area (Å²) in [7, 11) is 0. The molecule has 0 aliphatic heterocycles. The molecule has 4 bridgehead atoms. The van der Waals surface area contributed by atoms with E-state index in [1.807, 2.05) is 0 Å². The molecule has 4 rings (SSSR count). The fourth-order valence-electron chi connectivity index (χ4n) is 4.77. The Labute approximate surface area is 86.3 Å². The molecule has 4 saturated carbocycles. The van der Waals surface area contributed by atoms with Gasteiger partial charge in [0, 0.05) is 6.42 Å². The van der Waals surface area contributed by atoms with Crippen molar-refractivity contribution in [1.82, 2.24) is 0 Å². The summed E-state index contributed by atoms with van der Waals surface area (Å²) < 4.78 is 0. The van der Waals surface area contributed by atoms with Gasteiger partial charge in [0.1, 0.15) is 6.29 Å². The third kappa shape index (κ3) is 1.32. The van der Waals surface area contributed by atoms with Crippen LogP contribution in [0.15, 0.2) is 0 Å². The Morgan fingerprint density at radius 2 is 1.50 bits per heavy atom. The molecule has 4 fully saturated rings. The van der Waals surface area contributed by atoms with Gasteiger partial charge in [-0.05, 0) is 68.1 Å². The molecule has 0 radical (unpaired) electrons. The van der Waals surface area contributed by atoms with Crippen LogP contribution in [0.5, 0.6) is 0 Å². The zero-order valence-electron chi connectivity index (χ0n) is 8.82. The van der Waals surface area contributed by atoms with Gasteiger partial charge in [-0.3, -0.25) is 0 Å². The minimum Gasteiger partial charge on any atom is -0.303 e. The van der Waals surface area contributed by atoms with E-state index in [1.165, 1.54) is 38.5 Å². The van der Waals surface area contributed by atoms with Crippen LogP contribution in [0.3, 0.4) is 0 Å². The molecule has 4 aliphatic rings. The standard InChI is InChI=1S/C13H20O/c14-3-1-2-13-11-5-9-4-10(7-11)8-12(13)6-9/h3,9-13H,1-2,4-8H2. The highest BCUT2D eigenvalue weighted by molar-refractivity contribution is 5.49. The van der Waals surface area contributed by atoms with Gasteiger partial charge in [0.2, 0.25) is 0 Å². The van der Waals surface area contributed by atoms with Crippen molar-refractivity contribution in [3.05, 3.63) is 0 Å². The normalized spacial score (nSPS) is 49.6. The highest BCUT2D eigenvalue weighted by atomic mass is 16.1. The van der Waals surface area contributed by atoms with Crippen molar-refractivity contribution in [3.63, 3.8) is 0 Å². The van der Waals surface area contributed by atoms with E-state index in [4.69, 9.17) is 0 Å². The van der Waals surface area contributed by atoms with Crippen LogP contribution in [-0.2, 0) is 4.79 Å². The Morgan fingerprint density at radius 3 is 2.00 bits per heavy atom. The molecule has 14 heavy (non-hydrogen) atoms. The summed E-state index contributed by atoms with van der Waals surface area (Å²) in [5, 5.41) is 0. The second kappa shape index (κ2) is 3.36. The van der Waals surface area contributed by atoms with Crippen LogP contribution in [0.25, 0.3) is 0 Å². The van der Waals surface area contributed by atoms with Crippen LogP contribution in [-0.4, -0.2) is 6.29 Å². The molecule has 0 aromatic rings. The van der Waals surface area contributed by atoms with Gasteiger partial charge in [0.15, 0.2) is 0 Å². The number of hydrogen-bond acceptors (Lipinski definition) is 1. The fraction of sp³-hybridized carbons (Fsp3) is 0.923. The maximum Gasteiger partial charge on any atom is 0.120 e. The van der Waals surface area contributed by atoms with E-state index in [0.717, 1.165) is 42.3 Å². The summed E-state index contributed by atoms with van der Waals surface area (Å²) in [5.41, 5.74) is 0. The van der Waals surface area contributed by atoms with Crippen LogP contribution in [0.2, 0.25) is 0 Å². The zero-order valence-corrected chi connectivity index (χ0v) is 8.82. The van der Waals surface area contributed by atoms with E-state index < -0.39 is 0 Å². The molecule has 0 unspecified atom stereocenters. The molecule has 4 aliphatic carbocycles. The summed E-state index contributed by atoms with van der Waals surface area (Å²) >= 11 is 0. The van der Waals surface area contributed by atoms with Crippen molar-refractivity contribution in [2.45, 2.75) is 44.9 Å². The number of hydrogen-bond donors (Lipinski definition) is 0. The smallest absolute Gasteiger partial charge is 0.120 e. The topological polar surface area (TPSA) is 17.1 Å². The van der Waals surface area contributed by atoms with Gasteiger partial charge in [-0.2, -0.15) is 0 Å². The van der Waals surface area contributed by atoms with Gasteiger partial charge in [-0.25, -0.2) is 0 Å². The predicted molar refractivity (Wildman–Crippen MR) is 55.8 cm³/mol. The largest absolute Gasteiger partial charge is 0.303 e. The number of aldehydes is 1. The van der Waals surface area contributed by atoms with Crippen LogP contribution in [0.4, 0.5) is 0 Å². The Kier molecular flexibility index (Phi) is 2.14. The number of carbonyl (C=O) groups is 1. The molecular weight excluding hydrogens is 172 g/mol. The lowest BCUT2D eigenvalue weighted by molar-refractivity contribution is -0.109. The summed E-state index contributed by atoms with van der Waals surface area (Å²) in [5.74, 6) is 5.08. The number of carbonyl (C=O) groups excluding carboxylic acids is 1. The average molecular weight is 192 g/mol. The first kappa shape index (κ1) is 8.94. The van der Waals surface area contributed by atoms with Crippen LogP contribution in [0.1, 0.15) is 44.9 Å². The van der Waals surface area contributed by atoms with Crippen molar-refractivity contribution < 1.29 is 4.79 Å². The summed E-state index contributed by atoms with van der Waals surface area (Å²) in [6.07, 6.45) is 10.6. The SMILES string of the molecule is O=CCCC1C2CC3CC(C2)CC1C3. The monoisotopic (exact) mass is 192 g/mol. The first-order valence-corrected chi connectivity index (χ1v) is 6.30. The molecule has 1 heteroatoms. The van der Waals surface area contributed by atoms with Crippen molar-refractivity contribution in [1.29, 1.82) is 0 Å². The summed E-state index contributed by atoms with van der Waals surface area (Å²) in [4.78, 5) is 10.4. The maximum absolute atomic E-state index is 10.4. The maximum atomic E-state index is 10.4. The molecule has 0 aromatic heterocycles. The van der Waals surface area contributed by atoms with Crippen LogP contribution >= 0.6 is 0 Å². The Bertz CT molecular complexity index is 205. The van der Waals surface area contributed by atoms with Gasteiger partial charge in [0.05, 0.1) is 0 Å². The molecule has 0 atom stereocenters. The van der Waals surface area contributed by atoms with E-state index >= 15 is 0 Å². The lowest BCUT2D eigenvalue weighted by Gasteiger charge is -2.54. The second-order valence-corrected chi connectivity index (χ2v) is 5.84. The third-order valence-electron chi connectivity index (χ3n) is 5.04. The molecule has 78 valence electrons. The first-order chi connectivity index (χ1) is 6.86. The minimum absolute atomic E-state index is 0.812. The Morgan fingerprint density at radius 1 is 0.929 bits per heavy atom. The fourth-order valence-corrected chi connectivity index (χ4v) is 4.77. The van der Waals surface area contributed by atoms with E-state index in [0.29, 0.717) is 0 Å². The molecule has 0 spiro atoms. The molecule has 0 N–H and O–H groups in total. The van der Waals surface area contributed by atoms with Gasteiger partial charge in [0.25, 0.3) is 0 Å². The lowest BCUT2D eigenvalue weighted by atomic mass is 9.51. The summed E-state index contributed by atoms with van der Waals surface area (Å²) in [6.45, 7) is 0. The Hall–Kier alpha value is -0.330. The molecular formula is C13H20O. The molecule has 0 amide bonds. The summed E-state index contributed by atoms with van der Waals surface area (Å²) in [6, 6.07) is 0. The number of rotatable bonds is 3. The van der Waals surface area contributed by atoms with Gasteiger partial charge < -0.3 is 4.79 Å². The van der Waals surface area contributed by atoms with Gasteiger partial charge >= 0.3 is 0 Å². The van der Waals surface area contributed by atoms with Crippen molar-refractivity contribution in [3.8, 4) is 0 Å². The lowest BCUT2D eigenvalue weighted by Crippen LogP contribution is -2.44. The van der Waals surface area contributed by atoms with Gasteiger partial charge in [-0.1, -0.05) is 0 Å². The van der Waals surface area contributed by atoms with E-state index in [9.17, 15) is 4.79 Å². The van der Waals surface area contributed by atoms with Crippen molar-refractivity contribution in [2.24, 2.45) is 29.6 Å². The van der Waals surface area contributed by atoms with Crippen LogP contribution in [0, 0.1) is 29.6 Å². The quantitative estimate of drug-likeness (QED) is 0.628. The van der Waals surface area contributed by atoms with Gasteiger partial charge in [-0.15, -0.1) is 0 Å². The van der Waals surface area contributed by atoms with Crippen LogP contribution < -0.4 is 0 Å². The first-order valence-electron chi connectivity index (χ1n) is 6.30. The predicted octanol–water partition coefficient (Wildman–Crippen LogP) is 3.04. The Balaban J connectivity index is 1.71. The molecule has 0 saturated heterocycles.